The monoisotopic (exact) mass is 865 g/mol. The average molecular weight is 866 g/mol. The summed E-state index contributed by atoms with van der Waals surface area (Å²) in [4.78, 5) is 96.8. The lowest BCUT2D eigenvalue weighted by Crippen LogP contribution is -2.65. The molecule has 4 fully saturated rings. The molecular weight excluding hydrogens is 799 g/mol. The highest BCUT2D eigenvalue weighted by molar-refractivity contribution is 6.12. The number of imide groups is 2. The van der Waals surface area contributed by atoms with E-state index >= 15 is 0 Å². The zero-order valence-corrected chi connectivity index (χ0v) is 38.2. The van der Waals surface area contributed by atoms with Gasteiger partial charge in [0.05, 0.1) is 43.5 Å². The Kier molecular flexibility index (Phi) is 12.5. The topological polar surface area (TPSA) is 193 Å². The van der Waals surface area contributed by atoms with E-state index < -0.39 is 38.5 Å². The number of benzene rings is 2. The number of carboxylic acids is 1. The molecule has 0 spiro atoms. The van der Waals surface area contributed by atoms with Gasteiger partial charge in [0.2, 0.25) is 35.4 Å². The highest BCUT2D eigenvalue weighted by Crippen LogP contribution is 2.63. The molecule has 4 aliphatic rings. The molecule has 4 bridgehead atoms. The smallest absolute Gasteiger partial charge is 0.323 e. The molecule has 13 heteroatoms. The molecular formula is C50H67N5O8. The van der Waals surface area contributed by atoms with Crippen LogP contribution in [-0.2, 0) is 40.1 Å². The number of anilines is 2. The van der Waals surface area contributed by atoms with Gasteiger partial charge in [-0.15, -0.1) is 0 Å². The normalized spacial score (nSPS) is 30.3. The Morgan fingerprint density at radius 2 is 0.841 bits per heavy atom. The first-order valence-electron chi connectivity index (χ1n) is 23.6. The lowest BCUT2D eigenvalue weighted by atomic mass is 9.47. The molecule has 1 aromatic heterocycles. The number of carbonyl (C=O) groups excluding carboxylic acids is 6. The van der Waals surface area contributed by atoms with Crippen LogP contribution in [0.5, 0.6) is 0 Å². The van der Waals surface area contributed by atoms with Crippen LogP contribution in [0.4, 0.5) is 11.4 Å². The van der Waals surface area contributed by atoms with Crippen molar-refractivity contribution in [1.82, 2.24) is 15.2 Å². The van der Waals surface area contributed by atoms with Crippen LogP contribution in [0.2, 0.25) is 0 Å². The van der Waals surface area contributed by atoms with Crippen LogP contribution in [0.3, 0.4) is 0 Å². The van der Waals surface area contributed by atoms with Crippen LogP contribution in [0.15, 0.2) is 36.4 Å². The van der Waals surface area contributed by atoms with Gasteiger partial charge in [-0.3, -0.25) is 44.2 Å². The average Bonchev–Trinajstić information content (AvgIpc) is 3.51. The maximum absolute atomic E-state index is 14.8. The third-order valence-electron chi connectivity index (χ3n) is 15.5. The number of nitrogens with zero attached hydrogens (tertiary/aromatic N) is 1. The maximum atomic E-state index is 14.8. The number of carbonyl (C=O) groups is 7. The molecule has 13 nitrogen and oxygen atoms in total. The summed E-state index contributed by atoms with van der Waals surface area (Å²) in [5, 5.41) is 23.5. The van der Waals surface area contributed by atoms with Crippen molar-refractivity contribution in [3.05, 3.63) is 36.4 Å². The summed E-state index contributed by atoms with van der Waals surface area (Å²) in [6.07, 6.45) is 9.93. The SMILES string of the molecule is CCCC1(C(=O)Nc2ccc3c4ccc(NC(=O)C5(CCC)C[C@@]6(CCC)C[C@@](CCC)(C5)C(=O)NC6=O)cc4n(CC(=O)O)c3c2)C[C@@]2(CCC)C[C@@](CCC)(C1)C(=O)NC2=O. The quantitative estimate of drug-likeness (QED) is 0.0782. The largest absolute Gasteiger partial charge is 0.480 e. The molecule has 6 amide bonds. The highest BCUT2D eigenvalue weighted by Gasteiger charge is 2.66. The predicted molar refractivity (Wildman–Crippen MR) is 242 cm³/mol. The lowest BCUT2D eigenvalue weighted by molar-refractivity contribution is -0.171. The summed E-state index contributed by atoms with van der Waals surface area (Å²) in [6.45, 7) is 11.7. The Labute approximate surface area is 370 Å². The van der Waals surface area contributed by atoms with E-state index in [2.05, 4.69) is 21.3 Å². The van der Waals surface area contributed by atoms with Gasteiger partial charge < -0.3 is 20.3 Å². The first-order valence-corrected chi connectivity index (χ1v) is 23.6. The van der Waals surface area contributed by atoms with Crippen LogP contribution in [0.1, 0.15) is 157 Å². The molecule has 2 unspecified atom stereocenters. The number of rotatable bonds is 18. The summed E-state index contributed by atoms with van der Waals surface area (Å²) < 4.78 is 1.67. The van der Waals surface area contributed by atoms with Gasteiger partial charge in [0, 0.05) is 22.1 Å². The Morgan fingerprint density at radius 3 is 1.13 bits per heavy atom. The van der Waals surface area contributed by atoms with Gasteiger partial charge in [0.25, 0.3) is 0 Å². The number of aliphatic carboxylic acids is 1. The van der Waals surface area contributed by atoms with Crippen molar-refractivity contribution in [3.8, 4) is 0 Å². The zero-order valence-electron chi connectivity index (χ0n) is 38.2. The maximum Gasteiger partial charge on any atom is 0.323 e. The summed E-state index contributed by atoms with van der Waals surface area (Å²) in [5.74, 6) is -2.69. The number of hydrogen-bond acceptors (Lipinski definition) is 7. The van der Waals surface area contributed by atoms with Gasteiger partial charge in [-0.05, 0) is 101 Å². The Balaban J connectivity index is 1.25. The highest BCUT2D eigenvalue weighted by atomic mass is 16.4. The summed E-state index contributed by atoms with van der Waals surface area (Å²) in [6, 6.07) is 10.9. The van der Waals surface area contributed by atoms with E-state index in [0.29, 0.717) is 112 Å². The number of piperidine rings is 2. The number of hydrogen-bond donors (Lipinski definition) is 5. The van der Waals surface area contributed by atoms with E-state index in [1.165, 1.54) is 0 Å². The van der Waals surface area contributed by atoms with Gasteiger partial charge in [0.1, 0.15) is 6.54 Å². The zero-order chi connectivity index (χ0) is 45.6. The van der Waals surface area contributed by atoms with Gasteiger partial charge in [-0.2, -0.15) is 0 Å². The molecule has 340 valence electrons. The van der Waals surface area contributed by atoms with Gasteiger partial charge in [0.15, 0.2) is 0 Å². The number of fused-ring (bicyclic) bond motifs is 7. The fourth-order valence-electron chi connectivity index (χ4n) is 13.7. The van der Waals surface area contributed by atoms with Crippen molar-refractivity contribution >= 4 is 74.6 Å². The van der Waals surface area contributed by atoms with Crippen molar-refractivity contribution in [2.75, 3.05) is 10.6 Å². The van der Waals surface area contributed by atoms with E-state index in [-0.39, 0.29) is 42.0 Å². The van der Waals surface area contributed by atoms with Crippen molar-refractivity contribution in [2.24, 2.45) is 32.5 Å². The van der Waals surface area contributed by atoms with Gasteiger partial charge in [-0.1, -0.05) is 92.2 Å². The summed E-state index contributed by atoms with van der Waals surface area (Å²) >= 11 is 0. The van der Waals surface area contributed by atoms with E-state index in [1.807, 2.05) is 53.7 Å². The third kappa shape index (κ3) is 7.74. The van der Waals surface area contributed by atoms with Crippen LogP contribution in [0, 0.1) is 32.5 Å². The fraction of sp³-hybridized carbons (Fsp3) is 0.620. The molecule has 3 heterocycles. The Morgan fingerprint density at radius 1 is 0.524 bits per heavy atom. The van der Waals surface area contributed by atoms with Crippen molar-refractivity contribution < 1.29 is 38.7 Å². The van der Waals surface area contributed by atoms with Crippen LogP contribution in [0.25, 0.3) is 21.8 Å². The van der Waals surface area contributed by atoms with Crippen LogP contribution >= 0.6 is 0 Å². The van der Waals surface area contributed by atoms with Gasteiger partial charge in [-0.25, -0.2) is 0 Å². The van der Waals surface area contributed by atoms with Crippen LogP contribution < -0.4 is 21.3 Å². The second-order valence-corrected chi connectivity index (χ2v) is 20.2. The summed E-state index contributed by atoms with van der Waals surface area (Å²) in [7, 11) is 0. The third-order valence-corrected chi connectivity index (χ3v) is 15.5. The molecule has 63 heavy (non-hydrogen) atoms. The first kappa shape index (κ1) is 45.9. The standard InChI is InChI=1S/C50H67N5O8/c1-7-17-45(26-47(19-9-3)30-48(27-45,20-10-4)42(61)53-41(47)60)39(58)51-32-13-15-34-35-16-14-33(24-37(35)55(25-38(56)57)36(34)23-32)52-40(59)46(18-8-2)28-49(21-11-5)31-50(29-46,22-12-6)44(63)54-43(49)62/h13-16,23-24H,7-12,17-22,25-31H2,1-6H3,(H,51,58)(H,52,59)(H,56,57)(H,53,60,61)(H,54,62,63)/t45?,46?,47-,48+,49-,50+. The second kappa shape index (κ2) is 17.1. The number of aromatic nitrogens is 1. The molecule has 5 N–H and O–H groups in total. The van der Waals surface area contributed by atoms with Crippen molar-refractivity contribution in [1.29, 1.82) is 0 Å². The molecule has 2 saturated carbocycles. The molecule has 6 atom stereocenters. The predicted octanol–water partition coefficient (Wildman–Crippen LogP) is 9.16. The molecule has 2 aliphatic carbocycles. The fourth-order valence-corrected chi connectivity index (χ4v) is 13.7. The Hall–Kier alpha value is -5.07. The minimum absolute atomic E-state index is 0.244. The van der Waals surface area contributed by atoms with E-state index in [4.69, 9.17) is 0 Å². The number of nitrogens with one attached hydrogen (secondary N) is 4. The second-order valence-electron chi connectivity index (χ2n) is 20.2. The van der Waals surface area contributed by atoms with E-state index in [0.717, 1.165) is 36.5 Å². The molecule has 2 aromatic carbocycles. The van der Waals surface area contributed by atoms with E-state index in [1.54, 1.807) is 28.8 Å². The number of carboxylic acid groups (broad SMARTS) is 1. The van der Waals surface area contributed by atoms with Gasteiger partial charge >= 0.3 is 5.97 Å². The van der Waals surface area contributed by atoms with Crippen LogP contribution in [-0.4, -0.2) is 51.1 Å². The molecule has 2 saturated heterocycles. The van der Waals surface area contributed by atoms with E-state index in [9.17, 15) is 38.7 Å². The minimum Gasteiger partial charge on any atom is -0.480 e. The number of amides is 6. The lowest BCUT2D eigenvalue weighted by Gasteiger charge is -2.57. The Bertz CT molecular complexity index is 2150. The molecule has 3 aromatic rings. The first-order chi connectivity index (χ1) is 30.0. The minimum atomic E-state index is -1.07. The van der Waals surface area contributed by atoms with Crippen molar-refractivity contribution in [2.45, 2.75) is 164 Å². The molecule has 2 aliphatic heterocycles. The van der Waals surface area contributed by atoms with Crippen molar-refractivity contribution in [3.63, 3.8) is 0 Å². The molecule has 0 radical (unpaired) electrons. The molecule has 7 rings (SSSR count). The summed E-state index contributed by atoms with van der Waals surface area (Å²) in [5.41, 5.74) is -3.19.